The fourth-order valence-corrected chi connectivity index (χ4v) is 5.29. The summed E-state index contributed by atoms with van der Waals surface area (Å²) >= 11 is 1.40. The summed E-state index contributed by atoms with van der Waals surface area (Å²) in [5.41, 5.74) is 1.07. The molecule has 0 bridgehead atoms. The van der Waals surface area contributed by atoms with Crippen LogP contribution in [-0.4, -0.2) is 57.4 Å². The molecule has 9 heteroatoms. The SMILES string of the molecule is O=C(c1cccs1)N1CCc2nc([C@H]3CCCN3C(=O)[C@H]3CCCO3)[nH]c(=O)c2C1. The summed E-state index contributed by atoms with van der Waals surface area (Å²) in [6, 6.07) is 3.43. The number of fused-ring (bicyclic) bond motifs is 1. The number of aromatic nitrogens is 2. The van der Waals surface area contributed by atoms with Gasteiger partial charge in [-0.3, -0.25) is 14.4 Å². The number of aromatic amines is 1. The van der Waals surface area contributed by atoms with Crippen molar-refractivity contribution < 1.29 is 14.3 Å². The molecule has 2 atom stereocenters. The molecular formula is C21H24N4O4S. The summed E-state index contributed by atoms with van der Waals surface area (Å²) in [5, 5.41) is 1.87. The van der Waals surface area contributed by atoms with Crippen LogP contribution >= 0.6 is 11.3 Å². The Hall–Kier alpha value is -2.52. The molecule has 3 aliphatic rings. The molecule has 0 aromatic carbocycles. The van der Waals surface area contributed by atoms with Crippen molar-refractivity contribution in [2.24, 2.45) is 0 Å². The Labute approximate surface area is 177 Å². The van der Waals surface area contributed by atoms with Gasteiger partial charge in [-0.2, -0.15) is 0 Å². The average Bonchev–Trinajstić information content (AvgIpc) is 3.54. The van der Waals surface area contributed by atoms with Crippen molar-refractivity contribution in [2.75, 3.05) is 19.7 Å². The zero-order valence-corrected chi connectivity index (χ0v) is 17.5. The van der Waals surface area contributed by atoms with Crippen LogP contribution in [0.1, 0.15) is 58.5 Å². The van der Waals surface area contributed by atoms with E-state index in [2.05, 4.69) is 4.98 Å². The van der Waals surface area contributed by atoms with Crippen molar-refractivity contribution in [1.29, 1.82) is 0 Å². The molecule has 3 aliphatic heterocycles. The number of nitrogens with one attached hydrogen (secondary N) is 1. The topological polar surface area (TPSA) is 95.6 Å². The monoisotopic (exact) mass is 428 g/mol. The first-order valence-electron chi connectivity index (χ1n) is 10.5. The second-order valence-corrected chi connectivity index (χ2v) is 8.97. The van der Waals surface area contributed by atoms with Gasteiger partial charge >= 0.3 is 0 Å². The predicted octanol–water partition coefficient (Wildman–Crippen LogP) is 1.87. The number of carbonyl (C=O) groups excluding carboxylic acids is 2. The van der Waals surface area contributed by atoms with Crippen molar-refractivity contribution in [3.8, 4) is 0 Å². The van der Waals surface area contributed by atoms with Gasteiger partial charge in [0.05, 0.1) is 28.7 Å². The average molecular weight is 429 g/mol. The first kappa shape index (κ1) is 19.4. The van der Waals surface area contributed by atoms with Crippen molar-refractivity contribution in [1.82, 2.24) is 19.8 Å². The van der Waals surface area contributed by atoms with E-state index >= 15 is 0 Å². The summed E-state index contributed by atoms with van der Waals surface area (Å²) in [5.74, 6) is 0.506. The molecule has 2 aromatic heterocycles. The Morgan fingerprint density at radius 3 is 2.90 bits per heavy atom. The molecule has 0 saturated carbocycles. The normalized spacial score (nSPS) is 23.6. The molecule has 2 aromatic rings. The number of hydrogen-bond acceptors (Lipinski definition) is 6. The maximum absolute atomic E-state index is 12.9. The molecule has 2 fully saturated rings. The zero-order chi connectivity index (χ0) is 20.7. The van der Waals surface area contributed by atoms with E-state index in [1.165, 1.54) is 11.3 Å². The van der Waals surface area contributed by atoms with Gasteiger partial charge in [0.15, 0.2) is 0 Å². The van der Waals surface area contributed by atoms with Crippen LogP contribution in [0.2, 0.25) is 0 Å². The summed E-state index contributed by atoms with van der Waals surface area (Å²) in [6.07, 6.45) is 3.49. The van der Waals surface area contributed by atoms with Gasteiger partial charge in [0.25, 0.3) is 17.4 Å². The third-order valence-corrected chi connectivity index (χ3v) is 7.02. The molecule has 5 heterocycles. The summed E-state index contributed by atoms with van der Waals surface area (Å²) in [4.78, 5) is 50.2. The minimum atomic E-state index is -0.369. The number of thiophene rings is 1. The highest BCUT2D eigenvalue weighted by Crippen LogP contribution is 2.32. The molecule has 1 N–H and O–H groups in total. The van der Waals surface area contributed by atoms with E-state index in [0.29, 0.717) is 42.4 Å². The molecule has 0 spiro atoms. The van der Waals surface area contributed by atoms with Gasteiger partial charge in [0.2, 0.25) is 0 Å². The number of likely N-dealkylation sites (tertiary alicyclic amines) is 1. The maximum atomic E-state index is 12.9. The third kappa shape index (κ3) is 3.45. The van der Waals surface area contributed by atoms with E-state index in [1.807, 2.05) is 16.3 Å². The van der Waals surface area contributed by atoms with Crippen LogP contribution in [0.25, 0.3) is 0 Å². The molecule has 8 nitrogen and oxygen atoms in total. The quantitative estimate of drug-likeness (QED) is 0.805. The second-order valence-electron chi connectivity index (χ2n) is 8.02. The van der Waals surface area contributed by atoms with E-state index in [0.717, 1.165) is 31.4 Å². The van der Waals surface area contributed by atoms with Gasteiger partial charge < -0.3 is 19.5 Å². The van der Waals surface area contributed by atoms with E-state index in [4.69, 9.17) is 9.72 Å². The maximum Gasteiger partial charge on any atom is 0.264 e. The first-order chi connectivity index (χ1) is 14.6. The van der Waals surface area contributed by atoms with Gasteiger partial charge in [0.1, 0.15) is 11.9 Å². The lowest BCUT2D eigenvalue weighted by Gasteiger charge is -2.29. The highest BCUT2D eigenvalue weighted by molar-refractivity contribution is 7.12. The van der Waals surface area contributed by atoms with E-state index < -0.39 is 0 Å². The molecule has 30 heavy (non-hydrogen) atoms. The Balaban J connectivity index is 1.37. The standard InChI is InChI=1S/C21H24N4O4S/c26-19-13-12-24(21(28)17-6-3-11-30-17)9-7-14(13)22-18(23-19)15-4-1-8-25(15)20(27)16-5-2-10-29-16/h3,6,11,15-16H,1-2,4-5,7-10,12H2,(H,22,23,26)/t15-,16-/m1/s1. The Bertz CT molecular complexity index is 1010. The number of amides is 2. The van der Waals surface area contributed by atoms with Crippen LogP contribution in [0.15, 0.2) is 22.3 Å². The van der Waals surface area contributed by atoms with Gasteiger partial charge in [-0.05, 0) is 37.1 Å². The van der Waals surface area contributed by atoms with E-state index in [9.17, 15) is 14.4 Å². The van der Waals surface area contributed by atoms with Crippen molar-refractivity contribution in [2.45, 2.75) is 50.8 Å². The Morgan fingerprint density at radius 2 is 2.13 bits per heavy atom. The number of rotatable bonds is 3. The predicted molar refractivity (Wildman–Crippen MR) is 110 cm³/mol. The molecule has 5 rings (SSSR count). The lowest BCUT2D eigenvalue weighted by atomic mass is 10.1. The largest absolute Gasteiger partial charge is 0.368 e. The van der Waals surface area contributed by atoms with Gasteiger partial charge in [-0.25, -0.2) is 4.98 Å². The smallest absolute Gasteiger partial charge is 0.264 e. The van der Waals surface area contributed by atoms with Crippen LogP contribution in [-0.2, 0) is 22.5 Å². The minimum Gasteiger partial charge on any atom is -0.368 e. The van der Waals surface area contributed by atoms with Crippen LogP contribution < -0.4 is 5.56 Å². The second kappa shape index (κ2) is 7.96. The number of carbonyl (C=O) groups is 2. The van der Waals surface area contributed by atoms with E-state index in [-0.39, 0.29) is 36.1 Å². The molecule has 0 unspecified atom stereocenters. The van der Waals surface area contributed by atoms with E-state index in [1.54, 1.807) is 11.0 Å². The summed E-state index contributed by atoms with van der Waals surface area (Å²) in [6.45, 7) is 2.08. The molecule has 2 amide bonds. The van der Waals surface area contributed by atoms with Crippen LogP contribution in [0.4, 0.5) is 0 Å². The molecular weight excluding hydrogens is 404 g/mol. The number of H-pyrrole nitrogens is 1. The van der Waals surface area contributed by atoms with Crippen LogP contribution in [0, 0.1) is 0 Å². The Morgan fingerprint density at radius 1 is 1.23 bits per heavy atom. The summed E-state index contributed by atoms with van der Waals surface area (Å²) in [7, 11) is 0. The fraction of sp³-hybridized carbons (Fsp3) is 0.524. The molecule has 0 radical (unpaired) electrons. The van der Waals surface area contributed by atoms with Crippen molar-refractivity contribution >= 4 is 23.2 Å². The lowest BCUT2D eigenvalue weighted by molar-refractivity contribution is -0.142. The fourth-order valence-electron chi connectivity index (χ4n) is 4.60. The number of hydrogen-bond donors (Lipinski definition) is 1. The first-order valence-corrected chi connectivity index (χ1v) is 11.4. The van der Waals surface area contributed by atoms with Gasteiger partial charge in [0, 0.05) is 26.1 Å². The molecule has 2 saturated heterocycles. The summed E-state index contributed by atoms with van der Waals surface area (Å²) < 4.78 is 5.57. The lowest BCUT2D eigenvalue weighted by Crippen LogP contribution is -2.41. The van der Waals surface area contributed by atoms with Crippen molar-refractivity contribution in [3.05, 3.63) is 49.8 Å². The van der Waals surface area contributed by atoms with Crippen LogP contribution in [0.5, 0.6) is 0 Å². The Kier molecular flexibility index (Phi) is 5.16. The minimum absolute atomic E-state index is 0.00286. The molecule has 158 valence electrons. The van der Waals surface area contributed by atoms with Crippen LogP contribution in [0.3, 0.4) is 0 Å². The number of nitrogens with zero attached hydrogens (tertiary/aromatic N) is 3. The zero-order valence-electron chi connectivity index (χ0n) is 16.6. The highest BCUT2D eigenvalue weighted by atomic mass is 32.1. The van der Waals surface area contributed by atoms with Gasteiger partial charge in [-0.1, -0.05) is 6.07 Å². The van der Waals surface area contributed by atoms with Crippen molar-refractivity contribution in [3.63, 3.8) is 0 Å². The highest BCUT2D eigenvalue weighted by Gasteiger charge is 2.37. The molecule has 0 aliphatic carbocycles. The number of ether oxygens (including phenoxy) is 1. The van der Waals surface area contributed by atoms with Gasteiger partial charge in [-0.15, -0.1) is 11.3 Å². The third-order valence-electron chi connectivity index (χ3n) is 6.16.